The van der Waals surface area contributed by atoms with Crippen molar-refractivity contribution in [3.63, 3.8) is 0 Å². The Bertz CT molecular complexity index is 692. The zero-order chi connectivity index (χ0) is 14.0. The first-order valence-electron chi connectivity index (χ1n) is 5.63. The molecule has 98 valence electrons. The van der Waals surface area contributed by atoms with Gasteiger partial charge in [0, 0.05) is 22.3 Å². The van der Waals surface area contributed by atoms with Crippen LogP contribution in [0.3, 0.4) is 0 Å². The molecule has 0 bridgehead atoms. The van der Waals surface area contributed by atoms with Crippen LogP contribution in [0.15, 0.2) is 41.3 Å². The van der Waals surface area contributed by atoms with Crippen molar-refractivity contribution in [2.75, 3.05) is 0 Å². The van der Waals surface area contributed by atoms with Crippen LogP contribution >= 0.6 is 23.2 Å². The number of halogens is 2. The molecule has 5 heteroatoms. The van der Waals surface area contributed by atoms with E-state index in [0.717, 1.165) is 0 Å². The van der Waals surface area contributed by atoms with Crippen LogP contribution in [0, 0.1) is 6.92 Å². The van der Waals surface area contributed by atoms with Crippen molar-refractivity contribution in [3.8, 4) is 0 Å². The van der Waals surface area contributed by atoms with E-state index >= 15 is 0 Å². The summed E-state index contributed by atoms with van der Waals surface area (Å²) in [6.45, 7) is 1.67. The molecule has 3 nitrogen and oxygen atoms in total. The SMILES string of the molecule is Cc1cccn(CC(=O)c2ccc(Cl)cc2Cl)c1=O. The molecule has 2 rings (SSSR count). The Balaban J connectivity index is 2.31. The number of aromatic nitrogens is 1. The standard InChI is InChI=1S/C14H11Cl2NO2/c1-9-3-2-6-17(14(9)19)8-13(18)11-5-4-10(15)7-12(11)16/h2-7H,8H2,1H3. The molecule has 0 spiro atoms. The van der Waals surface area contributed by atoms with Crippen LogP contribution < -0.4 is 5.56 Å². The van der Waals surface area contributed by atoms with Crippen molar-refractivity contribution in [2.45, 2.75) is 13.5 Å². The number of aryl methyl sites for hydroxylation is 1. The van der Waals surface area contributed by atoms with Crippen LogP contribution in [-0.2, 0) is 6.54 Å². The summed E-state index contributed by atoms with van der Waals surface area (Å²) in [7, 11) is 0. The van der Waals surface area contributed by atoms with Crippen LogP contribution in [0.5, 0.6) is 0 Å². The second kappa shape index (κ2) is 5.59. The lowest BCUT2D eigenvalue weighted by Crippen LogP contribution is -2.25. The minimum Gasteiger partial charge on any atom is -0.308 e. The Morgan fingerprint density at radius 2 is 2.00 bits per heavy atom. The number of carbonyl (C=O) groups excluding carboxylic acids is 1. The molecule has 1 aromatic carbocycles. The van der Waals surface area contributed by atoms with Crippen molar-refractivity contribution < 1.29 is 4.79 Å². The third-order valence-corrected chi connectivity index (χ3v) is 3.30. The van der Waals surface area contributed by atoms with Gasteiger partial charge in [0.2, 0.25) is 0 Å². The molecule has 1 heterocycles. The molecule has 0 radical (unpaired) electrons. The minimum atomic E-state index is -0.227. The number of Topliss-reactive ketones (excluding diaryl/α,β-unsaturated/α-hetero) is 1. The van der Waals surface area contributed by atoms with Gasteiger partial charge in [-0.3, -0.25) is 9.59 Å². The number of carbonyl (C=O) groups is 1. The van der Waals surface area contributed by atoms with E-state index in [1.165, 1.54) is 10.6 Å². The Morgan fingerprint density at radius 3 is 2.68 bits per heavy atom. The molecule has 0 saturated heterocycles. The highest BCUT2D eigenvalue weighted by Crippen LogP contribution is 2.21. The molecule has 0 fully saturated rings. The van der Waals surface area contributed by atoms with Crippen molar-refractivity contribution in [1.29, 1.82) is 0 Å². The van der Waals surface area contributed by atoms with Gasteiger partial charge in [0.15, 0.2) is 5.78 Å². The molecule has 0 N–H and O–H groups in total. The van der Waals surface area contributed by atoms with Crippen molar-refractivity contribution >= 4 is 29.0 Å². The summed E-state index contributed by atoms with van der Waals surface area (Å²) in [5, 5.41) is 0.757. The molecule has 0 unspecified atom stereocenters. The maximum Gasteiger partial charge on any atom is 0.253 e. The zero-order valence-electron chi connectivity index (χ0n) is 10.2. The molecule has 1 aromatic heterocycles. The molecular formula is C14H11Cl2NO2. The fourth-order valence-corrected chi connectivity index (χ4v) is 2.25. The van der Waals surface area contributed by atoms with Gasteiger partial charge in [-0.2, -0.15) is 0 Å². The number of pyridine rings is 1. The second-order valence-electron chi connectivity index (χ2n) is 4.17. The quantitative estimate of drug-likeness (QED) is 0.815. The number of rotatable bonds is 3. The van der Waals surface area contributed by atoms with Crippen LogP contribution in [0.4, 0.5) is 0 Å². The number of hydrogen-bond acceptors (Lipinski definition) is 2. The second-order valence-corrected chi connectivity index (χ2v) is 5.02. The minimum absolute atomic E-state index is 0.0398. The lowest BCUT2D eigenvalue weighted by Gasteiger charge is -2.07. The summed E-state index contributed by atoms with van der Waals surface area (Å²) in [5.74, 6) is -0.227. The van der Waals surface area contributed by atoms with E-state index in [0.29, 0.717) is 21.2 Å². The van der Waals surface area contributed by atoms with Gasteiger partial charge in [-0.15, -0.1) is 0 Å². The third kappa shape index (κ3) is 3.06. The molecule has 0 amide bonds. The lowest BCUT2D eigenvalue weighted by atomic mass is 10.1. The largest absolute Gasteiger partial charge is 0.308 e. The number of hydrogen-bond donors (Lipinski definition) is 0. The number of benzene rings is 1. The first-order valence-corrected chi connectivity index (χ1v) is 6.39. The summed E-state index contributed by atoms with van der Waals surface area (Å²) in [5.41, 5.74) is 0.776. The zero-order valence-corrected chi connectivity index (χ0v) is 11.7. The van der Waals surface area contributed by atoms with E-state index in [4.69, 9.17) is 23.2 Å². The predicted octanol–water partition coefficient (Wildman–Crippen LogP) is 3.35. The summed E-state index contributed by atoms with van der Waals surface area (Å²) in [6.07, 6.45) is 1.58. The normalized spacial score (nSPS) is 10.5. The van der Waals surface area contributed by atoms with E-state index in [1.54, 1.807) is 37.4 Å². The average molecular weight is 296 g/mol. The molecule has 2 aromatic rings. The average Bonchev–Trinajstić information content (AvgIpc) is 2.34. The van der Waals surface area contributed by atoms with Crippen LogP contribution in [0.1, 0.15) is 15.9 Å². The van der Waals surface area contributed by atoms with Crippen molar-refractivity contribution in [3.05, 3.63) is 68.1 Å². The fourth-order valence-electron chi connectivity index (χ4n) is 1.74. The monoisotopic (exact) mass is 295 g/mol. The first kappa shape index (κ1) is 13.8. The van der Waals surface area contributed by atoms with E-state index in [-0.39, 0.29) is 17.9 Å². The highest BCUT2D eigenvalue weighted by molar-refractivity contribution is 6.36. The summed E-state index contributed by atoms with van der Waals surface area (Å²) in [6, 6.07) is 8.11. The molecule has 0 aliphatic carbocycles. The third-order valence-electron chi connectivity index (χ3n) is 2.76. The van der Waals surface area contributed by atoms with E-state index in [2.05, 4.69) is 0 Å². The Kier molecular flexibility index (Phi) is 4.08. The van der Waals surface area contributed by atoms with Gasteiger partial charge < -0.3 is 4.57 Å². The first-order chi connectivity index (χ1) is 8.99. The topological polar surface area (TPSA) is 39.1 Å². The summed E-state index contributed by atoms with van der Waals surface area (Å²) in [4.78, 5) is 24.0. The summed E-state index contributed by atoms with van der Waals surface area (Å²) < 4.78 is 1.36. The Labute approximate surface area is 120 Å². The Hall–Kier alpha value is -1.58. The highest BCUT2D eigenvalue weighted by Gasteiger charge is 2.12. The van der Waals surface area contributed by atoms with Gasteiger partial charge >= 0.3 is 0 Å². The highest BCUT2D eigenvalue weighted by atomic mass is 35.5. The van der Waals surface area contributed by atoms with Crippen LogP contribution in [0.25, 0.3) is 0 Å². The molecule has 0 aliphatic heterocycles. The van der Waals surface area contributed by atoms with Gasteiger partial charge in [-0.25, -0.2) is 0 Å². The van der Waals surface area contributed by atoms with E-state index in [9.17, 15) is 9.59 Å². The fraction of sp³-hybridized carbons (Fsp3) is 0.143. The molecule has 0 saturated carbocycles. The van der Waals surface area contributed by atoms with Gasteiger partial charge in [-0.05, 0) is 31.2 Å². The van der Waals surface area contributed by atoms with Crippen molar-refractivity contribution in [1.82, 2.24) is 4.57 Å². The number of ketones is 1. The van der Waals surface area contributed by atoms with Gasteiger partial charge in [0.25, 0.3) is 5.56 Å². The van der Waals surface area contributed by atoms with Gasteiger partial charge in [0.05, 0.1) is 11.6 Å². The molecule has 19 heavy (non-hydrogen) atoms. The Morgan fingerprint density at radius 1 is 1.26 bits per heavy atom. The van der Waals surface area contributed by atoms with Crippen LogP contribution in [0.2, 0.25) is 10.0 Å². The lowest BCUT2D eigenvalue weighted by molar-refractivity contribution is 0.0971. The van der Waals surface area contributed by atoms with Crippen LogP contribution in [-0.4, -0.2) is 10.4 Å². The molecule has 0 aliphatic rings. The van der Waals surface area contributed by atoms with Gasteiger partial charge in [-0.1, -0.05) is 29.3 Å². The maximum absolute atomic E-state index is 12.1. The smallest absolute Gasteiger partial charge is 0.253 e. The predicted molar refractivity (Wildman–Crippen MR) is 76.2 cm³/mol. The maximum atomic E-state index is 12.1. The van der Waals surface area contributed by atoms with Gasteiger partial charge in [0.1, 0.15) is 0 Å². The molecule has 0 atom stereocenters. The van der Waals surface area contributed by atoms with E-state index < -0.39 is 0 Å². The van der Waals surface area contributed by atoms with E-state index in [1.807, 2.05) is 0 Å². The summed E-state index contributed by atoms with van der Waals surface area (Å²) >= 11 is 11.7. The van der Waals surface area contributed by atoms with Crippen molar-refractivity contribution in [2.24, 2.45) is 0 Å². The number of nitrogens with zero attached hydrogens (tertiary/aromatic N) is 1. The molecular weight excluding hydrogens is 285 g/mol.